The van der Waals surface area contributed by atoms with E-state index >= 15 is 0 Å². The number of aromatic hydroxyl groups is 1. The van der Waals surface area contributed by atoms with Gasteiger partial charge in [0.1, 0.15) is 5.75 Å². The quantitative estimate of drug-likeness (QED) is 0.794. The summed E-state index contributed by atoms with van der Waals surface area (Å²) >= 11 is 3.32. The van der Waals surface area contributed by atoms with Crippen molar-refractivity contribution in [3.05, 3.63) is 59.7 Å². The summed E-state index contributed by atoms with van der Waals surface area (Å²) < 4.78 is 27.2. The molecule has 0 aromatic heterocycles. The fraction of sp³-hybridized carbons (Fsp3) is 0.200. The van der Waals surface area contributed by atoms with Crippen LogP contribution in [-0.4, -0.2) is 13.5 Å². The first-order chi connectivity index (χ1) is 9.92. The highest BCUT2D eigenvalue weighted by Crippen LogP contribution is 2.20. The van der Waals surface area contributed by atoms with Gasteiger partial charge in [0.2, 0.25) is 10.0 Å². The fourth-order valence-electron chi connectivity index (χ4n) is 1.92. The van der Waals surface area contributed by atoms with Crippen LogP contribution in [0, 0.1) is 0 Å². The van der Waals surface area contributed by atoms with Crippen LogP contribution in [-0.2, 0) is 15.4 Å². The predicted octanol–water partition coefficient (Wildman–Crippen LogP) is 3.33. The third-order valence-corrected chi connectivity index (χ3v) is 5.29. The van der Waals surface area contributed by atoms with Crippen molar-refractivity contribution in [1.29, 1.82) is 0 Å². The summed E-state index contributed by atoms with van der Waals surface area (Å²) in [5.41, 5.74) is 1.71. The van der Waals surface area contributed by atoms with Crippen LogP contribution in [0.2, 0.25) is 0 Å². The number of phenolic OH excluding ortho intramolecular Hbond substituents is 1. The van der Waals surface area contributed by atoms with Gasteiger partial charge in [0, 0.05) is 11.4 Å². The van der Waals surface area contributed by atoms with Crippen molar-refractivity contribution < 1.29 is 13.5 Å². The minimum absolute atomic E-state index is 0.111. The van der Waals surface area contributed by atoms with Crippen molar-refractivity contribution >= 4 is 26.0 Å². The molecule has 21 heavy (non-hydrogen) atoms. The molecule has 0 aliphatic rings. The zero-order valence-corrected chi connectivity index (χ0v) is 13.9. The van der Waals surface area contributed by atoms with Crippen molar-refractivity contribution in [2.75, 3.05) is 0 Å². The number of halogens is 1. The summed E-state index contributed by atoms with van der Waals surface area (Å²) in [5, 5.41) is 10.1. The molecule has 0 aliphatic carbocycles. The summed E-state index contributed by atoms with van der Waals surface area (Å²) in [6.45, 7) is 1.74. The molecule has 1 atom stereocenters. The van der Waals surface area contributed by atoms with Crippen LogP contribution in [0.15, 0.2) is 53.4 Å². The van der Waals surface area contributed by atoms with Crippen molar-refractivity contribution in [3.8, 4) is 5.75 Å². The number of rotatable bonds is 5. The SMILES string of the molecule is CC(NS(=O)(=O)c1ccc(CBr)cc1)c1cccc(O)c1. The maximum Gasteiger partial charge on any atom is 0.241 e. The lowest BCUT2D eigenvalue weighted by atomic mass is 10.1. The van der Waals surface area contributed by atoms with Crippen molar-refractivity contribution in [1.82, 2.24) is 4.72 Å². The Balaban J connectivity index is 2.20. The highest BCUT2D eigenvalue weighted by atomic mass is 79.9. The van der Waals surface area contributed by atoms with E-state index in [1.807, 2.05) is 0 Å². The van der Waals surface area contributed by atoms with Crippen LogP contribution in [0.5, 0.6) is 5.75 Å². The van der Waals surface area contributed by atoms with E-state index < -0.39 is 16.1 Å². The summed E-state index contributed by atoms with van der Waals surface area (Å²) in [6, 6.07) is 12.8. The average molecular weight is 370 g/mol. The van der Waals surface area contributed by atoms with Gasteiger partial charge in [0.15, 0.2) is 0 Å². The van der Waals surface area contributed by atoms with Gasteiger partial charge in [0.25, 0.3) is 0 Å². The van der Waals surface area contributed by atoms with E-state index in [0.29, 0.717) is 10.9 Å². The van der Waals surface area contributed by atoms with E-state index in [0.717, 1.165) is 5.56 Å². The zero-order chi connectivity index (χ0) is 15.5. The standard InChI is InChI=1S/C15H16BrNO3S/c1-11(13-3-2-4-14(18)9-13)17-21(19,20)15-7-5-12(10-16)6-8-15/h2-9,11,17-18H,10H2,1H3. The Morgan fingerprint density at radius 1 is 1.19 bits per heavy atom. The number of hydrogen-bond donors (Lipinski definition) is 2. The minimum Gasteiger partial charge on any atom is -0.508 e. The van der Waals surface area contributed by atoms with Crippen LogP contribution in [0.25, 0.3) is 0 Å². The summed E-state index contributed by atoms with van der Waals surface area (Å²) in [7, 11) is -3.59. The largest absolute Gasteiger partial charge is 0.508 e. The molecule has 2 N–H and O–H groups in total. The van der Waals surface area contributed by atoms with Gasteiger partial charge in [-0.15, -0.1) is 0 Å². The lowest BCUT2D eigenvalue weighted by Gasteiger charge is -2.15. The molecule has 4 nitrogen and oxygen atoms in total. The predicted molar refractivity (Wildman–Crippen MR) is 85.9 cm³/mol. The topological polar surface area (TPSA) is 66.4 Å². The number of alkyl halides is 1. The average Bonchev–Trinajstić information content (AvgIpc) is 2.47. The van der Waals surface area contributed by atoms with Crippen molar-refractivity contribution in [2.45, 2.75) is 23.2 Å². The fourth-order valence-corrected chi connectivity index (χ4v) is 3.53. The Labute approximate surface area is 133 Å². The molecule has 6 heteroatoms. The lowest BCUT2D eigenvalue weighted by Crippen LogP contribution is -2.26. The molecule has 0 fully saturated rings. The van der Waals surface area contributed by atoms with Crippen LogP contribution in [0.1, 0.15) is 24.1 Å². The third kappa shape index (κ3) is 4.06. The van der Waals surface area contributed by atoms with Gasteiger partial charge in [-0.25, -0.2) is 13.1 Å². The molecule has 112 valence electrons. The van der Waals surface area contributed by atoms with Crippen molar-refractivity contribution in [3.63, 3.8) is 0 Å². The maximum absolute atomic E-state index is 12.3. The zero-order valence-electron chi connectivity index (χ0n) is 11.5. The van der Waals surface area contributed by atoms with E-state index in [4.69, 9.17) is 0 Å². The first kappa shape index (κ1) is 16.0. The minimum atomic E-state index is -3.59. The molecule has 0 radical (unpaired) electrons. The molecule has 0 spiro atoms. The highest BCUT2D eigenvalue weighted by molar-refractivity contribution is 9.08. The monoisotopic (exact) mass is 369 g/mol. The molecular weight excluding hydrogens is 354 g/mol. The molecule has 0 saturated carbocycles. The lowest BCUT2D eigenvalue weighted by molar-refractivity contribution is 0.473. The maximum atomic E-state index is 12.3. The Kier molecular flexibility index (Phi) is 5.03. The van der Waals surface area contributed by atoms with E-state index in [9.17, 15) is 13.5 Å². The van der Waals surface area contributed by atoms with E-state index in [2.05, 4.69) is 20.7 Å². The van der Waals surface area contributed by atoms with Crippen LogP contribution in [0.3, 0.4) is 0 Å². The summed E-state index contributed by atoms with van der Waals surface area (Å²) in [6.07, 6.45) is 0. The second-order valence-electron chi connectivity index (χ2n) is 4.72. The molecule has 0 aliphatic heterocycles. The first-order valence-electron chi connectivity index (χ1n) is 6.38. The smallest absolute Gasteiger partial charge is 0.241 e. The molecular formula is C15H16BrNO3S. The van der Waals surface area contributed by atoms with Crippen LogP contribution >= 0.6 is 15.9 Å². The van der Waals surface area contributed by atoms with E-state index in [1.165, 1.54) is 0 Å². The Morgan fingerprint density at radius 2 is 1.86 bits per heavy atom. The van der Waals surface area contributed by atoms with Gasteiger partial charge in [-0.1, -0.05) is 40.2 Å². The molecule has 2 aromatic rings. The number of hydrogen-bond acceptors (Lipinski definition) is 3. The third-order valence-electron chi connectivity index (χ3n) is 3.09. The van der Waals surface area contributed by atoms with Gasteiger partial charge in [0.05, 0.1) is 4.90 Å². The number of benzene rings is 2. The first-order valence-corrected chi connectivity index (χ1v) is 8.99. The summed E-state index contributed by atoms with van der Waals surface area (Å²) in [4.78, 5) is 0.221. The number of phenols is 1. The molecule has 0 saturated heterocycles. The second-order valence-corrected chi connectivity index (χ2v) is 6.99. The number of nitrogens with one attached hydrogen (secondary N) is 1. The Hall–Kier alpha value is -1.37. The molecule has 1 unspecified atom stereocenters. The van der Waals surface area contributed by atoms with Crippen LogP contribution in [0.4, 0.5) is 0 Å². The van der Waals surface area contributed by atoms with E-state index in [1.54, 1.807) is 55.5 Å². The van der Waals surface area contributed by atoms with Crippen molar-refractivity contribution in [2.24, 2.45) is 0 Å². The molecule has 0 heterocycles. The van der Waals surface area contributed by atoms with Gasteiger partial charge in [-0.2, -0.15) is 0 Å². The van der Waals surface area contributed by atoms with E-state index in [-0.39, 0.29) is 10.6 Å². The Morgan fingerprint density at radius 3 is 2.43 bits per heavy atom. The van der Waals surface area contributed by atoms with Gasteiger partial charge in [-0.3, -0.25) is 0 Å². The Bertz CT molecular complexity index is 714. The molecule has 0 amide bonds. The number of sulfonamides is 1. The second kappa shape index (κ2) is 6.60. The molecule has 2 aromatic carbocycles. The van der Waals surface area contributed by atoms with Crippen LogP contribution < -0.4 is 4.72 Å². The summed E-state index contributed by atoms with van der Waals surface area (Å²) in [5.74, 6) is 0.111. The molecule has 2 rings (SSSR count). The van der Waals surface area contributed by atoms with Gasteiger partial charge >= 0.3 is 0 Å². The highest BCUT2D eigenvalue weighted by Gasteiger charge is 2.18. The normalized spacial score (nSPS) is 13.0. The van der Waals surface area contributed by atoms with Gasteiger partial charge < -0.3 is 5.11 Å². The van der Waals surface area contributed by atoms with Gasteiger partial charge in [-0.05, 0) is 42.3 Å². The molecule has 0 bridgehead atoms.